The predicted octanol–water partition coefficient (Wildman–Crippen LogP) is 0.285. The number of nitrogens with two attached hydrogens (primary N) is 1. The maximum atomic E-state index is 11.7. The third kappa shape index (κ3) is 2.79. The summed E-state index contributed by atoms with van der Waals surface area (Å²) in [5.41, 5.74) is 3.50. The summed E-state index contributed by atoms with van der Waals surface area (Å²) in [6.07, 6.45) is 2.95. The highest BCUT2D eigenvalue weighted by atomic mass is 16.5. The molecule has 2 heterocycles. The number of nitrogens with zero attached hydrogens (tertiary/aromatic N) is 2. The molecular formula is C10H11N5O2. The molecule has 0 fully saturated rings. The Morgan fingerprint density at radius 1 is 1.47 bits per heavy atom. The van der Waals surface area contributed by atoms with Crippen molar-refractivity contribution in [1.29, 1.82) is 0 Å². The van der Waals surface area contributed by atoms with Crippen LogP contribution in [0.4, 0.5) is 5.82 Å². The summed E-state index contributed by atoms with van der Waals surface area (Å²) in [4.78, 5) is 15.6. The molecule has 0 aliphatic rings. The summed E-state index contributed by atoms with van der Waals surface area (Å²) in [6.45, 7) is 0.309. The highest BCUT2D eigenvalue weighted by Gasteiger charge is 2.07. The van der Waals surface area contributed by atoms with Gasteiger partial charge in [0, 0.05) is 17.8 Å². The number of amides is 1. The van der Waals surface area contributed by atoms with Crippen molar-refractivity contribution in [3.63, 3.8) is 0 Å². The van der Waals surface area contributed by atoms with Crippen LogP contribution in [0.1, 0.15) is 16.1 Å². The molecule has 2 rings (SSSR count). The Bertz CT molecular complexity index is 497. The normalized spacial score (nSPS) is 9.94. The number of nitrogens with one attached hydrogen (secondary N) is 2. The minimum atomic E-state index is -0.230. The van der Waals surface area contributed by atoms with E-state index in [2.05, 4.69) is 25.4 Å². The number of hydrogen-bond donors (Lipinski definition) is 3. The molecule has 88 valence electrons. The van der Waals surface area contributed by atoms with Crippen LogP contribution in [-0.2, 0) is 6.54 Å². The van der Waals surface area contributed by atoms with Crippen LogP contribution in [0.25, 0.3) is 0 Å². The maximum Gasteiger partial charge on any atom is 0.251 e. The lowest BCUT2D eigenvalue weighted by molar-refractivity contribution is 0.0950. The molecule has 0 saturated carbocycles. The van der Waals surface area contributed by atoms with Crippen molar-refractivity contribution in [1.82, 2.24) is 15.5 Å². The first kappa shape index (κ1) is 11.1. The fraction of sp³-hybridized carbons (Fsp3) is 0.100. The third-order valence-corrected chi connectivity index (χ3v) is 2.09. The molecule has 0 saturated heterocycles. The predicted molar refractivity (Wildman–Crippen MR) is 59.7 cm³/mol. The van der Waals surface area contributed by atoms with E-state index in [4.69, 9.17) is 5.84 Å². The standard InChI is InChI=1S/C10H11N5O2/c11-14-9-5-7(1-3-12-9)10(16)13-6-8-2-4-17-15-8/h1-5H,6,11H2,(H,12,14)(H,13,16). The van der Waals surface area contributed by atoms with E-state index in [-0.39, 0.29) is 5.91 Å². The van der Waals surface area contributed by atoms with Gasteiger partial charge in [0.05, 0.1) is 6.54 Å². The van der Waals surface area contributed by atoms with E-state index in [1.807, 2.05) is 0 Å². The van der Waals surface area contributed by atoms with Gasteiger partial charge in [0.2, 0.25) is 0 Å². The highest BCUT2D eigenvalue weighted by molar-refractivity contribution is 5.94. The molecule has 4 N–H and O–H groups in total. The first-order chi connectivity index (χ1) is 8.29. The van der Waals surface area contributed by atoms with Gasteiger partial charge in [0.15, 0.2) is 0 Å². The Hall–Kier alpha value is -2.41. The lowest BCUT2D eigenvalue weighted by Crippen LogP contribution is -2.23. The third-order valence-electron chi connectivity index (χ3n) is 2.09. The smallest absolute Gasteiger partial charge is 0.251 e. The first-order valence-corrected chi connectivity index (χ1v) is 4.89. The lowest BCUT2D eigenvalue weighted by Gasteiger charge is -2.04. The van der Waals surface area contributed by atoms with Crippen LogP contribution in [0.5, 0.6) is 0 Å². The fourth-order valence-electron chi connectivity index (χ4n) is 1.25. The highest BCUT2D eigenvalue weighted by Crippen LogP contribution is 2.05. The molecule has 7 nitrogen and oxygen atoms in total. The number of pyridine rings is 1. The molecule has 7 heteroatoms. The van der Waals surface area contributed by atoms with Crippen molar-refractivity contribution in [3.8, 4) is 0 Å². The van der Waals surface area contributed by atoms with E-state index in [1.54, 1.807) is 18.2 Å². The van der Waals surface area contributed by atoms with Crippen molar-refractivity contribution in [2.75, 3.05) is 5.43 Å². The summed E-state index contributed by atoms with van der Waals surface area (Å²) in [5, 5.41) is 6.38. The van der Waals surface area contributed by atoms with Crippen molar-refractivity contribution >= 4 is 11.7 Å². The van der Waals surface area contributed by atoms with Gasteiger partial charge in [-0.1, -0.05) is 5.16 Å². The molecule has 2 aromatic rings. The molecule has 0 bridgehead atoms. The second-order valence-electron chi connectivity index (χ2n) is 3.25. The van der Waals surface area contributed by atoms with Gasteiger partial charge in [0.25, 0.3) is 5.91 Å². The summed E-state index contributed by atoms with van der Waals surface area (Å²) in [5.74, 6) is 5.40. The molecule has 0 aromatic carbocycles. The number of carbonyl (C=O) groups is 1. The van der Waals surface area contributed by atoms with Crippen LogP contribution < -0.4 is 16.6 Å². The van der Waals surface area contributed by atoms with Crippen LogP contribution in [0.3, 0.4) is 0 Å². The SMILES string of the molecule is NNc1cc(C(=O)NCc2ccon2)ccn1. The van der Waals surface area contributed by atoms with E-state index < -0.39 is 0 Å². The zero-order chi connectivity index (χ0) is 12.1. The molecule has 0 aliphatic heterocycles. The number of carbonyl (C=O) groups excluding carboxylic acids is 1. The molecule has 0 radical (unpaired) electrons. The van der Waals surface area contributed by atoms with Gasteiger partial charge in [-0.05, 0) is 12.1 Å². The van der Waals surface area contributed by atoms with E-state index in [0.717, 1.165) is 0 Å². The van der Waals surface area contributed by atoms with E-state index >= 15 is 0 Å². The van der Waals surface area contributed by atoms with Gasteiger partial charge >= 0.3 is 0 Å². The van der Waals surface area contributed by atoms with Crippen molar-refractivity contribution in [3.05, 3.63) is 41.9 Å². The molecular weight excluding hydrogens is 222 g/mol. The zero-order valence-corrected chi connectivity index (χ0v) is 8.88. The minimum absolute atomic E-state index is 0.230. The fourth-order valence-corrected chi connectivity index (χ4v) is 1.25. The lowest BCUT2D eigenvalue weighted by atomic mass is 10.2. The summed E-state index contributed by atoms with van der Waals surface area (Å²) in [7, 11) is 0. The Kier molecular flexibility index (Phi) is 3.31. The molecule has 2 aromatic heterocycles. The molecule has 0 aliphatic carbocycles. The van der Waals surface area contributed by atoms with Crippen LogP contribution in [0, 0.1) is 0 Å². The van der Waals surface area contributed by atoms with E-state index in [0.29, 0.717) is 23.6 Å². The van der Waals surface area contributed by atoms with Gasteiger partial charge in [-0.25, -0.2) is 10.8 Å². The average molecular weight is 233 g/mol. The van der Waals surface area contributed by atoms with E-state index in [1.165, 1.54) is 12.5 Å². The van der Waals surface area contributed by atoms with Crippen molar-refractivity contribution in [2.45, 2.75) is 6.54 Å². The number of rotatable bonds is 4. The molecule has 0 unspecified atom stereocenters. The van der Waals surface area contributed by atoms with Crippen LogP contribution in [-0.4, -0.2) is 16.0 Å². The number of nitrogen functional groups attached to an aromatic ring is 1. The van der Waals surface area contributed by atoms with Crippen molar-refractivity contribution < 1.29 is 9.32 Å². The van der Waals surface area contributed by atoms with Crippen LogP contribution in [0.15, 0.2) is 35.2 Å². The Morgan fingerprint density at radius 3 is 3.06 bits per heavy atom. The molecule has 0 atom stereocenters. The van der Waals surface area contributed by atoms with Gasteiger partial charge in [0.1, 0.15) is 17.8 Å². The summed E-state index contributed by atoms with van der Waals surface area (Å²) < 4.78 is 4.65. The van der Waals surface area contributed by atoms with Gasteiger partial charge < -0.3 is 15.3 Å². The van der Waals surface area contributed by atoms with Gasteiger partial charge in [-0.3, -0.25) is 4.79 Å². The number of hydrazine groups is 1. The Morgan fingerprint density at radius 2 is 2.35 bits per heavy atom. The number of aromatic nitrogens is 2. The maximum absolute atomic E-state index is 11.7. The topological polar surface area (TPSA) is 106 Å². The van der Waals surface area contributed by atoms with Gasteiger partial charge in [-0.15, -0.1) is 0 Å². The molecule has 17 heavy (non-hydrogen) atoms. The minimum Gasteiger partial charge on any atom is -0.364 e. The summed E-state index contributed by atoms with van der Waals surface area (Å²) in [6, 6.07) is 4.83. The summed E-state index contributed by atoms with van der Waals surface area (Å²) >= 11 is 0. The first-order valence-electron chi connectivity index (χ1n) is 4.89. The zero-order valence-electron chi connectivity index (χ0n) is 8.88. The number of anilines is 1. The average Bonchev–Trinajstić information content (AvgIpc) is 2.89. The Balaban J connectivity index is 1.99. The Labute approximate surface area is 97.0 Å². The van der Waals surface area contributed by atoms with Gasteiger partial charge in [-0.2, -0.15) is 0 Å². The largest absolute Gasteiger partial charge is 0.364 e. The van der Waals surface area contributed by atoms with Crippen LogP contribution >= 0.6 is 0 Å². The second kappa shape index (κ2) is 5.08. The monoisotopic (exact) mass is 233 g/mol. The second-order valence-corrected chi connectivity index (χ2v) is 3.25. The van der Waals surface area contributed by atoms with Crippen molar-refractivity contribution in [2.24, 2.45) is 5.84 Å². The van der Waals surface area contributed by atoms with E-state index in [9.17, 15) is 4.79 Å². The quantitative estimate of drug-likeness (QED) is 0.517. The molecule has 0 spiro atoms. The molecule has 1 amide bonds. The van der Waals surface area contributed by atoms with Crippen LogP contribution in [0.2, 0.25) is 0 Å². The number of hydrogen-bond acceptors (Lipinski definition) is 6.